The zero-order valence-electron chi connectivity index (χ0n) is 7.67. The fourth-order valence-corrected chi connectivity index (χ4v) is 1.18. The summed E-state index contributed by atoms with van der Waals surface area (Å²) in [5.74, 6) is 2.97. The van der Waals surface area contributed by atoms with Crippen LogP contribution in [0.5, 0.6) is 0 Å². The van der Waals surface area contributed by atoms with Gasteiger partial charge in [-0.1, -0.05) is 37.1 Å². The van der Waals surface area contributed by atoms with Crippen molar-refractivity contribution in [3.05, 3.63) is 35.4 Å². The normalized spacial score (nSPS) is 12.1. The van der Waals surface area contributed by atoms with Gasteiger partial charge in [0.25, 0.3) is 0 Å². The highest BCUT2D eigenvalue weighted by atomic mass is 14.0. The van der Waals surface area contributed by atoms with Crippen molar-refractivity contribution in [3.63, 3.8) is 0 Å². The minimum atomic E-state index is 0.233. The third kappa shape index (κ3) is 1.89. The molecule has 1 aromatic rings. The molecule has 0 spiro atoms. The SMILES string of the molecule is C#CC(C)c1cccc(CC)c1. The summed E-state index contributed by atoms with van der Waals surface area (Å²) in [6.07, 6.45) is 6.42. The van der Waals surface area contributed by atoms with Crippen LogP contribution < -0.4 is 0 Å². The van der Waals surface area contributed by atoms with Gasteiger partial charge in [-0.25, -0.2) is 0 Å². The van der Waals surface area contributed by atoms with Crippen LogP contribution in [0.25, 0.3) is 0 Å². The second kappa shape index (κ2) is 3.97. The molecule has 0 saturated carbocycles. The van der Waals surface area contributed by atoms with Gasteiger partial charge in [-0.05, 0) is 24.5 Å². The molecule has 0 nitrogen and oxygen atoms in total. The summed E-state index contributed by atoms with van der Waals surface area (Å²) in [5.41, 5.74) is 2.60. The standard InChI is InChI=1S/C12H14/c1-4-10(3)12-8-6-7-11(5-2)9-12/h1,6-10H,5H2,2-3H3. The molecule has 0 heterocycles. The summed E-state index contributed by atoms with van der Waals surface area (Å²) in [5, 5.41) is 0. The molecule has 0 aliphatic rings. The predicted octanol–water partition coefficient (Wildman–Crippen LogP) is 2.99. The molecule has 0 aromatic heterocycles. The monoisotopic (exact) mass is 158 g/mol. The number of benzene rings is 1. The third-order valence-electron chi connectivity index (χ3n) is 2.11. The lowest BCUT2D eigenvalue weighted by atomic mass is 9.99. The van der Waals surface area contributed by atoms with Gasteiger partial charge >= 0.3 is 0 Å². The van der Waals surface area contributed by atoms with Gasteiger partial charge in [0, 0.05) is 5.92 Å². The van der Waals surface area contributed by atoms with Crippen molar-refractivity contribution >= 4 is 0 Å². The highest BCUT2D eigenvalue weighted by Gasteiger charge is 2.00. The third-order valence-corrected chi connectivity index (χ3v) is 2.11. The van der Waals surface area contributed by atoms with Crippen LogP contribution in [0, 0.1) is 12.3 Å². The van der Waals surface area contributed by atoms with E-state index in [1.54, 1.807) is 0 Å². The van der Waals surface area contributed by atoms with Gasteiger partial charge in [-0.2, -0.15) is 0 Å². The maximum absolute atomic E-state index is 5.35. The van der Waals surface area contributed by atoms with Crippen molar-refractivity contribution in [2.45, 2.75) is 26.2 Å². The van der Waals surface area contributed by atoms with Crippen molar-refractivity contribution in [2.75, 3.05) is 0 Å². The van der Waals surface area contributed by atoms with E-state index < -0.39 is 0 Å². The van der Waals surface area contributed by atoms with Crippen LogP contribution in [-0.4, -0.2) is 0 Å². The number of hydrogen-bond acceptors (Lipinski definition) is 0. The van der Waals surface area contributed by atoms with Crippen LogP contribution >= 0.6 is 0 Å². The molecular formula is C12H14. The molecule has 0 fully saturated rings. The maximum atomic E-state index is 5.35. The Morgan fingerprint density at radius 2 is 2.25 bits per heavy atom. The molecule has 0 amide bonds. The Labute approximate surface area is 74.6 Å². The van der Waals surface area contributed by atoms with Crippen LogP contribution in [-0.2, 0) is 6.42 Å². The average Bonchev–Trinajstić information content (AvgIpc) is 2.17. The van der Waals surface area contributed by atoms with E-state index >= 15 is 0 Å². The summed E-state index contributed by atoms with van der Waals surface area (Å²) in [4.78, 5) is 0. The molecule has 1 atom stereocenters. The van der Waals surface area contributed by atoms with Crippen molar-refractivity contribution in [2.24, 2.45) is 0 Å². The molecule has 12 heavy (non-hydrogen) atoms. The van der Waals surface area contributed by atoms with Crippen LogP contribution in [0.3, 0.4) is 0 Å². The van der Waals surface area contributed by atoms with Crippen molar-refractivity contribution in [3.8, 4) is 12.3 Å². The van der Waals surface area contributed by atoms with E-state index in [9.17, 15) is 0 Å². The Hall–Kier alpha value is -1.22. The lowest BCUT2D eigenvalue weighted by molar-refractivity contribution is 0.993. The minimum absolute atomic E-state index is 0.233. The summed E-state index contributed by atoms with van der Waals surface area (Å²) in [6, 6.07) is 8.48. The molecule has 0 radical (unpaired) electrons. The second-order valence-corrected chi connectivity index (χ2v) is 2.99. The van der Waals surface area contributed by atoms with E-state index in [1.807, 2.05) is 0 Å². The van der Waals surface area contributed by atoms with E-state index in [0.29, 0.717) is 0 Å². The van der Waals surface area contributed by atoms with Crippen LogP contribution in [0.15, 0.2) is 24.3 Å². The Balaban J connectivity index is 2.95. The first kappa shape index (κ1) is 8.87. The van der Waals surface area contributed by atoms with E-state index in [2.05, 4.69) is 44.0 Å². The number of rotatable bonds is 2. The molecule has 0 N–H and O–H groups in total. The van der Waals surface area contributed by atoms with Crippen LogP contribution in [0.4, 0.5) is 0 Å². The molecule has 1 rings (SSSR count). The highest BCUT2D eigenvalue weighted by molar-refractivity contribution is 5.30. The van der Waals surface area contributed by atoms with E-state index in [4.69, 9.17) is 6.42 Å². The summed E-state index contributed by atoms with van der Waals surface area (Å²) in [6.45, 7) is 4.20. The number of aryl methyl sites for hydroxylation is 1. The smallest absolute Gasteiger partial charge is 0.0421 e. The number of terminal acetylenes is 1. The van der Waals surface area contributed by atoms with Crippen molar-refractivity contribution < 1.29 is 0 Å². The van der Waals surface area contributed by atoms with Crippen LogP contribution in [0.1, 0.15) is 30.9 Å². The molecule has 0 aliphatic heterocycles. The summed E-state index contributed by atoms with van der Waals surface area (Å²) in [7, 11) is 0. The molecular weight excluding hydrogens is 144 g/mol. The molecule has 1 unspecified atom stereocenters. The molecule has 1 aromatic carbocycles. The fourth-order valence-electron chi connectivity index (χ4n) is 1.18. The molecule has 0 saturated heterocycles. The van der Waals surface area contributed by atoms with E-state index in [1.165, 1.54) is 11.1 Å². The quantitative estimate of drug-likeness (QED) is 0.580. The Morgan fingerprint density at radius 3 is 2.83 bits per heavy atom. The lowest BCUT2D eigenvalue weighted by Crippen LogP contribution is -1.90. The lowest BCUT2D eigenvalue weighted by Gasteiger charge is -2.05. The van der Waals surface area contributed by atoms with Gasteiger partial charge in [0.2, 0.25) is 0 Å². The first-order valence-corrected chi connectivity index (χ1v) is 4.33. The Bertz CT molecular complexity index is 291. The van der Waals surface area contributed by atoms with E-state index in [-0.39, 0.29) is 5.92 Å². The first-order valence-electron chi connectivity index (χ1n) is 4.33. The first-order chi connectivity index (χ1) is 5.77. The summed E-state index contributed by atoms with van der Waals surface area (Å²) < 4.78 is 0. The van der Waals surface area contributed by atoms with Crippen LogP contribution in [0.2, 0.25) is 0 Å². The summed E-state index contributed by atoms with van der Waals surface area (Å²) >= 11 is 0. The van der Waals surface area contributed by atoms with Gasteiger partial charge in [0.05, 0.1) is 0 Å². The van der Waals surface area contributed by atoms with Gasteiger partial charge in [0.1, 0.15) is 0 Å². The molecule has 0 heteroatoms. The molecule has 0 aliphatic carbocycles. The fraction of sp³-hybridized carbons (Fsp3) is 0.333. The zero-order chi connectivity index (χ0) is 8.97. The second-order valence-electron chi connectivity index (χ2n) is 2.99. The highest BCUT2D eigenvalue weighted by Crippen LogP contribution is 2.15. The van der Waals surface area contributed by atoms with Crippen molar-refractivity contribution in [1.82, 2.24) is 0 Å². The minimum Gasteiger partial charge on any atom is -0.119 e. The number of hydrogen-bond donors (Lipinski definition) is 0. The maximum Gasteiger partial charge on any atom is 0.0421 e. The van der Waals surface area contributed by atoms with Gasteiger partial charge in [0.15, 0.2) is 0 Å². The largest absolute Gasteiger partial charge is 0.119 e. The molecule has 62 valence electrons. The van der Waals surface area contributed by atoms with Gasteiger partial charge in [-0.3, -0.25) is 0 Å². The van der Waals surface area contributed by atoms with Gasteiger partial charge in [-0.15, -0.1) is 6.42 Å². The topological polar surface area (TPSA) is 0 Å². The molecule has 0 bridgehead atoms. The van der Waals surface area contributed by atoms with Gasteiger partial charge < -0.3 is 0 Å². The Kier molecular flexibility index (Phi) is 2.94. The average molecular weight is 158 g/mol. The zero-order valence-corrected chi connectivity index (χ0v) is 7.67. The Morgan fingerprint density at radius 1 is 1.50 bits per heavy atom. The van der Waals surface area contributed by atoms with E-state index in [0.717, 1.165) is 6.42 Å². The van der Waals surface area contributed by atoms with Crippen molar-refractivity contribution in [1.29, 1.82) is 0 Å². The predicted molar refractivity (Wildman–Crippen MR) is 53.1 cm³/mol.